The zero-order valence-electron chi connectivity index (χ0n) is 14.8. The molecule has 0 aromatic rings. The van der Waals surface area contributed by atoms with Crippen LogP contribution in [0.25, 0.3) is 0 Å². The minimum atomic E-state index is -0.763. The van der Waals surface area contributed by atoms with Gasteiger partial charge in [0.2, 0.25) is 11.8 Å². The third kappa shape index (κ3) is 6.07. The first-order chi connectivity index (χ1) is 11.2. The Hall–Kier alpha value is -1.70. The fourth-order valence-corrected chi connectivity index (χ4v) is 2.38. The van der Waals surface area contributed by atoms with Gasteiger partial charge in [0.05, 0.1) is 13.0 Å². The molecule has 7 nitrogen and oxygen atoms in total. The fraction of sp³-hybridized carbons (Fsp3) is 0.750. The molecule has 2 amide bonds. The lowest BCUT2D eigenvalue weighted by atomic mass is 9.96. The van der Waals surface area contributed by atoms with Gasteiger partial charge in [-0.25, -0.2) is 0 Å². The van der Waals surface area contributed by atoms with E-state index in [9.17, 15) is 14.4 Å². The van der Waals surface area contributed by atoms with Crippen LogP contribution in [0, 0.1) is 5.41 Å². The van der Waals surface area contributed by atoms with Crippen molar-refractivity contribution in [1.29, 1.82) is 0 Å². The van der Waals surface area contributed by atoms with Crippen LogP contribution in [0.3, 0.4) is 0 Å². The van der Waals surface area contributed by atoms with Crippen LogP contribution in [0.4, 0.5) is 0 Å². The number of piperazine rings is 1. The van der Waals surface area contributed by atoms with Gasteiger partial charge in [0.1, 0.15) is 6.04 Å². The van der Waals surface area contributed by atoms with Gasteiger partial charge in [0.25, 0.3) is 0 Å². The van der Waals surface area contributed by atoms with E-state index in [1.807, 2.05) is 6.92 Å². The molecule has 8 heteroatoms. The average Bonchev–Trinajstić information content (AvgIpc) is 2.48. The number of hydrogen-bond acceptors (Lipinski definition) is 5. The Labute approximate surface area is 148 Å². The predicted octanol–water partition coefficient (Wildman–Crippen LogP) is 0.967. The molecule has 1 rings (SSSR count). The summed E-state index contributed by atoms with van der Waals surface area (Å²) in [4.78, 5) is 37.7. The Bertz CT molecular complexity index is 502. The van der Waals surface area contributed by atoms with Crippen molar-refractivity contribution in [1.82, 2.24) is 15.5 Å². The Morgan fingerprint density at radius 3 is 2.67 bits per heavy atom. The molecule has 24 heavy (non-hydrogen) atoms. The maximum absolute atomic E-state index is 12.1. The van der Waals surface area contributed by atoms with Crippen molar-refractivity contribution in [2.45, 2.75) is 53.0 Å². The Morgan fingerprint density at radius 2 is 2.08 bits per heavy atom. The van der Waals surface area contributed by atoms with Crippen molar-refractivity contribution in [2.24, 2.45) is 5.41 Å². The standard InChI is InChI=1S/C16H27N3O4S/c1-5-6-9-23-12(20)10-11-13(21)17-7-8-19(11)15(24)18-14(22)16(2,3)4/h11H,5-10H2,1-4H3,(H,17,21)(H,18,22,24). The Balaban J connectivity index is 2.71. The molecule has 0 bridgehead atoms. The lowest BCUT2D eigenvalue weighted by Gasteiger charge is -2.36. The molecule has 1 heterocycles. The molecule has 2 N–H and O–H groups in total. The summed E-state index contributed by atoms with van der Waals surface area (Å²) in [5, 5.41) is 5.53. The highest BCUT2D eigenvalue weighted by atomic mass is 32.1. The van der Waals surface area contributed by atoms with Crippen molar-refractivity contribution in [2.75, 3.05) is 19.7 Å². The second kappa shape index (κ2) is 8.96. The maximum Gasteiger partial charge on any atom is 0.308 e. The van der Waals surface area contributed by atoms with Gasteiger partial charge in [-0.3, -0.25) is 14.4 Å². The van der Waals surface area contributed by atoms with Gasteiger partial charge in [0.15, 0.2) is 5.11 Å². The topological polar surface area (TPSA) is 87.7 Å². The fourth-order valence-electron chi connectivity index (χ4n) is 2.06. The van der Waals surface area contributed by atoms with E-state index in [-0.39, 0.29) is 23.3 Å². The summed E-state index contributed by atoms with van der Waals surface area (Å²) in [5.74, 6) is -0.968. The summed E-state index contributed by atoms with van der Waals surface area (Å²) in [5.41, 5.74) is -0.601. The van der Waals surface area contributed by atoms with Crippen LogP contribution < -0.4 is 10.6 Å². The summed E-state index contributed by atoms with van der Waals surface area (Å²) < 4.78 is 5.12. The van der Waals surface area contributed by atoms with E-state index >= 15 is 0 Å². The number of hydrogen-bond donors (Lipinski definition) is 2. The number of carbonyl (C=O) groups excluding carboxylic acids is 3. The molecule has 0 spiro atoms. The first-order valence-corrected chi connectivity index (χ1v) is 8.63. The van der Waals surface area contributed by atoms with E-state index in [2.05, 4.69) is 10.6 Å². The average molecular weight is 357 g/mol. The van der Waals surface area contributed by atoms with Gasteiger partial charge >= 0.3 is 5.97 Å². The summed E-state index contributed by atoms with van der Waals surface area (Å²) >= 11 is 5.27. The third-order valence-electron chi connectivity index (χ3n) is 3.61. The molecular formula is C16H27N3O4S. The van der Waals surface area contributed by atoms with E-state index < -0.39 is 17.4 Å². The van der Waals surface area contributed by atoms with Gasteiger partial charge in [0, 0.05) is 18.5 Å². The van der Waals surface area contributed by atoms with Crippen molar-refractivity contribution >= 4 is 35.1 Å². The number of thiocarbonyl (C=S) groups is 1. The minimum absolute atomic E-state index is 0.0962. The first kappa shape index (κ1) is 20.3. The molecule has 1 saturated heterocycles. The van der Waals surface area contributed by atoms with Gasteiger partial charge in [-0.2, -0.15) is 0 Å². The van der Waals surface area contributed by atoms with Crippen LogP contribution in [0.5, 0.6) is 0 Å². The van der Waals surface area contributed by atoms with Crippen LogP contribution in [0.15, 0.2) is 0 Å². The van der Waals surface area contributed by atoms with Crippen LogP contribution in [-0.2, 0) is 19.1 Å². The van der Waals surface area contributed by atoms with Crippen molar-refractivity contribution < 1.29 is 19.1 Å². The van der Waals surface area contributed by atoms with Crippen molar-refractivity contribution in [3.63, 3.8) is 0 Å². The van der Waals surface area contributed by atoms with Crippen LogP contribution in [0.2, 0.25) is 0 Å². The lowest BCUT2D eigenvalue weighted by Crippen LogP contribution is -2.61. The number of nitrogens with zero attached hydrogens (tertiary/aromatic N) is 1. The number of unbranched alkanes of at least 4 members (excludes halogenated alkanes) is 1. The van der Waals surface area contributed by atoms with Crippen molar-refractivity contribution in [3.8, 4) is 0 Å². The smallest absolute Gasteiger partial charge is 0.308 e. The van der Waals surface area contributed by atoms with E-state index in [0.717, 1.165) is 12.8 Å². The van der Waals surface area contributed by atoms with Crippen molar-refractivity contribution in [3.05, 3.63) is 0 Å². The molecule has 136 valence electrons. The summed E-state index contributed by atoms with van der Waals surface area (Å²) in [6.45, 7) is 8.51. The predicted molar refractivity (Wildman–Crippen MR) is 94.2 cm³/mol. The van der Waals surface area contributed by atoms with E-state index in [1.54, 1.807) is 25.7 Å². The number of ether oxygens (including phenoxy) is 1. The summed E-state index contributed by atoms with van der Waals surface area (Å²) in [7, 11) is 0. The van der Waals surface area contributed by atoms with E-state index in [4.69, 9.17) is 17.0 Å². The van der Waals surface area contributed by atoms with Crippen LogP contribution in [-0.4, -0.2) is 53.5 Å². The normalized spacial score (nSPS) is 17.9. The summed E-state index contributed by atoms with van der Waals surface area (Å²) in [6.07, 6.45) is 1.61. The Morgan fingerprint density at radius 1 is 1.42 bits per heavy atom. The molecule has 1 aliphatic heterocycles. The largest absolute Gasteiger partial charge is 0.466 e. The molecule has 1 aliphatic rings. The highest BCUT2D eigenvalue weighted by molar-refractivity contribution is 7.80. The molecule has 1 fully saturated rings. The monoisotopic (exact) mass is 357 g/mol. The van der Waals surface area contributed by atoms with Gasteiger partial charge in [-0.15, -0.1) is 0 Å². The summed E-state index contributed by atoms with van der Waals surface area (Å²) in [6, 6.07) is -0.763. The molecule has 1 atom stereocenters. The quantitative estimate of drug-likeness (QED) is 0.433. The molecular weight excluding hydrogens is 330 g/mol. The SMILES string of the molecule is CCCCOC(=O)CC1C(=O)NCCN1C(=S)NC(=O)C(C)(C)C. The zero-order chi connectivity index (χ0) is 18.3. The molecule has 0 aliphatic carbocycles. The molecule has 0 aromatic carbocycles. The number of esters is 1. The number of carbonyl (C=O) groups is 3. The van der Waals surface area contributed by atoms with Crippen LogP contribution >= 0.6 is 12.2 Å². The Kier molecular flexibility index (Phi) is 7.59. The number of nitrogens with one attached hydrogen (secondary N) is 2. The third-order valence-corrected chi connectivity index (χ3v) is 3.95. The molecule has 1 unspecified atom stereocenters. The molecule has 0 saturated carbocycles. The zero-order valence-corrected chi connectivity index (χ0v) is 15.6. The number of rotatable bonds is 5. The second-order valence-electron chi connectivity index (χ2n) is 6.79. The van der Waals surface area contributed by atoms with Crippen LogP contribution in [0.1, 0.15) is 47.0 Å². The minimum Gasteiger partial charge on any atom is -0.466 e. The highest BCUT2D eigenvalue weighted by Crippen LogP contribution is 2.15. The highest BCUT2D eigenvalue weighted by Gasteiger charge is 2.35. The molecule has 0 radical (unpaired) electrons. The molecule has 0 aromatic heterocycles. The maximum atomic E-state index is 12.1. The van der Waals surface area contributed by atoms with E-state index in [1.165, 1.54) is 0 Å². The van der Waals surface area contributed by atoms with Gasteiger partial charge < -0.3 is 20.3 Å². The van der Waals surface area contributed by atoms with E-state index in [0.29, 0.717) is 19.7 Å². The number of amides is 2. The second-order valence-corrected chi connectivity index (χ2v) is 7.17. The van der Waals surface area contributed by atoms with Gasteiger partial charge in [-0.1, -0.05) is 34.1 Å². The van der Waals surface area contributed by atoms with Gasteiger partial charge in [-0.05, 0) is 18.6 Å². The lowest BCUT2D eigenvalue weighted by molar-refractivity contribution is -0.147. The first-order valence-electron chi connectivity index (χ1n) is 8.22.